The summed E-state index contributed by atoms with van der Waals surface area (Å²) in [6.07, 6.45) is -0.385. The van der Waals surface area contributed by atoms with Gasteiger partial charge in [0.2, 0.25) is 0 Å². The molecule has 0 spiro atoms. The second-order valence-electron chi connectivity index (χ2n) is 2.51. The van der Waals surface area contributed by atoms with Crippen molar-refractivity contribution in [3.8, 4) is 0 Å². The first-order valence-electron chi connectivity index (χ1n) is 3.03. The Morgan fingerprint density at radius 2 is 1.82 bits per heavy atom. The molecule has 1 atom stereocenters. The van der Waals surface area contributed by atoms with E-state index in [1.807, 2.05) is 0 Å². The Hall–Kier alpha value is 1.16. The molecule has 0 amide bonds. The molecule has 6 heteroatoms. The Morgan fingerprint density at radius 3 is 1.91 bits per heavy atom. The molecule has 0 heterocycles. The van der Waals surface area contributed by atoms with E-state index < -0.39 is 18.6 Å². The van der Waals surface area contributed by atoms with Crippen molar-refractivity contribution >= 4 is 12.8 Å². The zero-order valence-corrected chi connectivity index (χ0v) is 10.0. The molecule has 0 saturated heterocycles. The molecule has 0 fully saturated rings. The van der Waals surface area contributed by atoms with E-state index in [-0.39, 0.29) is 57.8 Å². The summed E-state index contributed by atoms with van der Waals surface area (Å²) in [5.41, 5.74) is 0. The van der Waals surface area contributed by atoms with Gasteiger partial charge in [-0.25, -0.2) is 0 Å². The molecule has 0 radical (unpaired) electrons. The standard InChI is InChI=1S/C5H9BF3O.K/c1-4(3-5(2)10)6(7,8)9;/h4H,3H2,1-2H3;/q-1;+1/t4-;/m1./s1. The van der Waals surface area contributed by atoms with Crippen LogP contribution in [-0.2, 0) is 4.79 Å². The fourth-order valence-corrected chi connectivity index (χ4v) is 0.587. The summed E-state index contributed by atoms with van der Waals surface area (Å²) in [7, 11) is 0. The van der Waals surface area contributed by atoms with Crippen molar-refractivity contribution in [1.82, 2.24) is 0 Å². The summed E-state index contributed by atoms with van der Waals surface area (Å²) in [6, 6.07) is 0. The van der Waals surface area contributed by atoms with Crippen LogP contribution in [0.25, 0.3) is 0 Å². The van der Waals surface area contributed by atoms with Crippen LogP contribution in [0.3, 0.4) is 0 Å². The number of halogens is 3. The molecule has 0 unspecified atom stereocenters. The van der Waals surface area contributed by atoms with Gasteiger partial charge in [0.25, 0.3) is 0 Å². The van der Waals surface area contributed by atoms with Gasteiger partial charge in [-0.15, -0.1) is 0 Å². The third-order valence-electron chi connectivity index (χ3n) is 1.25. The number of Topliss-reactive ketones (excluding diaryl/α,β-unsaturated/α-hetero) is 1. The summed E-state index contributed by atoms with van der Waals surface area (Å²) in [6.45, 7) is -2.63. The fourth-order valence-electron chi connectivity index (χ4n) is 0.587. The summed E-state index contributed by atoms with van der Waals surface area (Å²) in [5, 5.41) is 0. The molecule has 11 heavy (non-hydrogen) atoms. The van der Waals surface area contributed by atoms with Gasteiger partial charge in [0.1, 0.15) is 5.78 Å². The average Bonchev–Trinajstić information content (AvgIpc) is 1.60. The van der Waals surface area contributed by atoms with Crippen LogP contribution in [0, 0.1) is 0 Å². The normalized spacial score (nSPS) is 13.5. The Labute approximate surface area is 107 Å². The molecule has 1 nitrogen and oxygen atoms in total. The minimum atomic E-state index is -4.82. The zero-order chi connectivity index (χ0) is 8.36. The van der Waals surface area contributed by atoms with Crippen molar-refractivity contribution in [1.29, 1.82) is 0 Å². The third-order valence-corrected chi connectivity index (χ3v) is 1.25. The molecule has 0 rings (SSSR count). The van der Waals surface area contributed by atoms with Crippen molar-refractivity contribution in [3.63, 3.8) is 0 Å². The molecule has 0 saturated carbocycles. The number of carbonyl (C=O) groups excluding carboxylic acids is 1. The minimum Gasteiger partial charge on any atom is -0.449 e. The van der Waals surface area contributed by atoms with Crippen LogP contribution < -0.4 is 51.4 Å². The largest absolute Gasteiger partial charge is 1.00 e. The first-order chi connectivity index (χ1) is 4.34. The number of carbonyl (C=O) groups is 1. The van der Waals surface area contributed by atoms with Crippen LogP contribution in [0.5, 0.6) is 0 Å². The molecule has 0 aliphatic rings. The van der Waals surface area contributed by atoms with Crippen LogP contribution in [0.15, 0.2) is 0 Å². The number of rotatable bonds is 3. The van der Waals surface area contributed by atoms with Crippen molar-refractivity contribution in [3.05, 3.63) is 0 Å². The minimum absolute atomic E-state index is 0. The molecule has 0 aromatic carbocycles. The Kier molecular flexibility index (Phi) is 7.67. The molecular formula is C5H9BF3KO. The van der Waals surface area contributed by atoms with Crippen LogP contribution in [0.2, 0.25) is 5.82 Å². The molecule has 0 aromatic heterocycles. The predicted octanol–water partition coefficient (Wildman–Crippen LogP) is -0.793. The first kappa shape index (κ1) is 14.7. The second-order valence-corrected chi connectivity index (χ2v) is 2.51. The van der Waals surface area contributed by atoms with Crippen molar-refractivity contribution < 1.29 is 69.1 Å². The summed E-state index contributed by atoms with van der Waals surface area (Å²) in [4.78, 5) is 10.2. The van der Waals surface area contributed by atoms with E-state index in [1.165, 1.54) is 6.92 Å². The molecule has 0 N–H and O–H groups in total. The average molecular weight is 192 g/mol. The fraction of sp³-hybridized carbons (Fsp3) is 0.800. The van der Waals surface area contributed by atoms with E-state index in [9.17, 15) is 17.7 Å². The van der Waals surface area contributed by atoms with E-state index in [4.69, 9.17) is 0 Å². The maximum atomic E-state index is 11.7. The van der Waals surface area contributed by atoms with Crippen LogP contribution in [0.1, 0.15) is 20.3 Å². The van der Waals surface area contributed by atoms with E-state index in [1.54, 1.807) is 0 Å². The van der Waals surface area contributed by atoms with Gasteiger partial charge in [0.15, 0.2) is 0 Å². The van der Waals surface area contributed by atoms with Crippen LogP contribution >= 0.6 is 0 Å². The topological polar surface area (TPSA) is 17.1 Å². The quantitative estimate of drug-likeness (QED) is 0.535. The van der Waals surface area contributed by atoms with Gasteiger partial charge in [-0.05, 0) is 13.3 Å². The smallest absolute Gasteiger partial charge is 0.449 e. The molecular weight excluding hydrogens is 183 g/mol. The Balaban J connectivity index is 0. The van der Waals surface area contributed by atoms with Gasteiger partial charge in [-0.3, -0.25) is 0 Å². The van der Waals surface area contributed by atoms with Crippen molar-refractivity contribution in [2.24, 2.45) is 0 Å². The Morgan fingerprint density at radius 1 is 1.45 bits per heavy atom. The van der Waals surface area contributed by atoms with Gasteiger partial charge in [-0.1, -0.05) is 12.7 Å². The molecule has 0 aromatic rings. The maximum absolute atomic E-state index is 11.7. The molecule has 0 aliphatic carbocycles. The zero-order valence-electron chi connectivity index (χ0n) is 6.90. The number of ketones is 1. The first-order valence-corrected chi connectivity index (χ1v) is 3.03. The SMILES string of the molecule is CC(=O)C[C@@H](C)[B-](F)(F)F.[K+]. The second kappa shape index (κ2) is 5.75. The van der Waals surface area contributed by atoms with Crippen LogP contribution in [0.4, 0.5) is 12.9 Å². The van der Waals surface area contributed by atoms with Gasteiger partial charge in [-0.2, -0.15) is 0 Å². The van der Waals surface area contributed by atoms with Crippen molar-refractivity contribution in [2.45, 2.75) is 26.1 Å². The van der Waals surface area contributed by atoms with Gasteiger partial charge >= 0.3 is 58.4 Å². The number of hydrogen-bond acceptors (Lipinski definition) is 1. The van der Waals surface area contributed by atoms with Crippen LogP contribution in [-0.4, -0.2) is 12.8 Å². The van der Waals surface area contributed by atoms with Gasteiger partial charge in [0, 0.05) is 0 Å². The van der Waals surface area contributed by atoms with E-state index in [2.05, 4.69) is 0 Å². The van der Waals surface area contributed by atoms with E-state index in [0.717, 1.165) is 6.92 Å². The predicted molar refractivity (Wildman–Crippen MR) is 33.8 cm³/mol. The summed E-state index contributed by atoms with van der Waals surface area (Å²) >= 11 is 0. The van der Waals surface area contributed by atoms with Gasteiger partial charge in [0.05, 0.1) is 0 Å². The molecule has 60 valence electrons. The van der Waals surface area contributed by atoms with E-state index in [0.29, 0.717) is 0 Å². The molecule has 0 aliphatic heterocycles. The third kappa shape index (κ3) is 7.52. The van der Waals surface area contributed by atoms with Gasteiger partial charge < -0.3 is 17.7 Å². The number of hydrogen-bond donors (Lipinski definition) is 0. The summed E-state index contributed by atoms with van der Waals surface area (Å²) in [5.74, 6) is -1.86. The van der Waals surface area contributed by atoms with Crippen molar-refractivity contribution in [2.75, 3.05) is 0 Å². The monoisotopic (exact) mass is 192 g/mol. The van der Waals surface area contributed by atoms with E-state index >= 15 is 0 Å². The Bertz CT molecular complexity index is 136. The summed E-state index contributed by atoms with van der Waals surface area (Å²) < 4.78 is 35.2. The maximum Gasteiger partial charge on any atom is 1.00 e. The molecule has 0 bridgehead atoms.